The Morgan fingerprint density at radius 2 is 1.86 bits per heavy atom. The zero-order chi connectivity index (χ0) is 16.1. The molecule has 0 bridgehead atoms. The van der Waals surface area contributed by atoms with Crippen molar-refractivity contribution in [2.75, 3.05) is 33.5 Å². The fourth-order valence-corrected chi connectivity index (χ4v) is 3.80. The second kappa shape index (κ2) is 7.63. The molecule has 1 aliphatic rings. The first-order valence-electron chi connectivity index (χ1n) is 6.74. The minimum absolute atomic E-state index is 0.0149. The Hall–Kier alpha value is -0.560. The van der Waals surface area contributed by atoms with Crippen molar-refractivity contribution in [1.29, 1.82) is 0 Å². The number of methoxy groups -OCH3 is 1. The van der Waals surface area contributed by atoms with E-state index in [1.807, 2.05) is 0 Å². The fraction of sp³-hybridized carbons (Fsp3) is 0.917. The number of hydrogen-bond donors (Lipinski definition) is 0. The van der Waals surface area contributed by atoms with Gasteiger partial charge in [0.1, 0.15) is 0 Å². The average molecular weight is 330 g/mol. The van der Waals surface area contributed by atoms with Gasteiger partial charge in [0.25, 0.3) is 0 Å². The Morgan fingerprint density at radius 1 is 1.29 bits per heavy atom. The van der Waals surface area contributed by atoms with Gasteiger partial charge in [0.05, 0.1) is 39.5 Å². The number of carbonyl (C=O) groups excluding carboxylic acids is 1. The second-order valence-electron chi connectivity index (χ2n) is 4.63. The van der Waals surface area contributed by atoms with E-state index >= 15 is 0 Å². The molecule has 21 heavy (non-hydrogen) atoms. The lowest BCUT2D eigenvalue weighted by molar-refractivity contribution is -0.147. The standard InChI is InChI=1S/C12H21F2O6P/c1-4-19-21(16,20-5-2)12(13,14)6-9-7-18-8-10(9)11(15)17-3/h9-10H,4-8H2,1-3H3/t9-,10+/m1/s1. The van der Waals surface area contributed by atoms with E-state index in [4.69, 9.17) is 13.8 Å². The van der Waals surface area contributed by atoms with Crippen LogP contribution in [0, 0.1) is 11.8 Å². The maximum atomic E-state index is 14.3. The second-order valence-corrected chi connectivity index (χ2v) is 6.80. The topological polar surface area (TPSA) is 71.1 Å². The number of rotatable bonds is 8. The minimum atomic E-state index is -4.58. The Kier molecular flexibility index (Phi) is 6.71. The molecule has 0 aliphatic carbocycles. The predicted molar refractivity (Wildman–Crippen MR) is 70.2 cm³/mol. The molecule has 1 saturated heterocycles. The highest BCUT2D eigenvalue weighted by molar-refractivity contribution is 7.55. The molecule has 9 heteroatoms. The summed E-state index contributed by atoms with van der Waals surface area (Å²) in [5, 5.41) is 0. The highest BCUT2D eigenvalue weighted by Crippen LogP contribution is 2.64. The smallest absolute Gasteiger partial charge is 0.399 e. The van der Waals surface area contributed by atoms with E-state index in [9.17, 15) is 18.1 Å². The van der Waals surface area contributed by atoms with Gasteiger partial charge < -0.3 is 18.5 Å². The first-order chi connectivity index (χ1) is 9.81. The molecule has 1 aliphatic heterocycles. The van der Waals surface area contributed by atoms with Crippen LogP contribution in [0.4, 0.5) is 8.78 Å². The maximum absolute atomic E-state index is 14.3. The molecule has 6 nitrogen and oxygen atoms in total. The molecule has 1 fully saturated rings. The largest absolute Gasteiger partial charge is 0.469 e. The third-order valence-corrected chi connectivity index (χ3v) is 5.39. The zero-order valence-corrected chi connectivity index (χ0v) is 13.2. The van der Waals surface area contributed by atoms with Crippen LogP contribution in [0.15, 0.2) is 0 Å². The summed E-state index contributed by atoms with van der Waals surface area (Å²) in [7, 11) is -3.40. The van der Waals surface area contributed by atoms with Crippen molar-refractivity contribution in [2.45, 2.75) is 25.9 Å². The normalized spacial score (nSPS) is 23.3. The fourth-order valence-electron chi connectivity index (χ4n) is 2.20. The van der Waals surface area contributed by atoms with Gasteiger partial charge in [-0.05, 0) is 13.8 Å². The summed E-state index contributed by atoms with van der Waals surface area (Å²) in [6, 6.07) is 0. The van der Waals surface area contributed by atoms with Crippen molar-refractivity contribution in [2.24, 2.45) is 11.8 Å². The highest BCUT2D eigenvalue weighted by atomic mass is 31.2. The van der Waals surface area contributed by atoms with Crippen LogP contribution in [-0.4, -0.2) is 45.2 Å². The minimum Gasteiger partial charge on any atom is -0.469 e. The Bertz CT molecular complexity index is 393. The summed E-state index contributed by atoms with van der Waals surface area (Å²) < 4.78 is 59.9. The molecule has 0 spiro atoms. The summed E-state index contributed by atoms with van der Waals surface area (Å²) >= 11 is 0. The summed E-state index contributed by atoms with van der Waals surface area (Å²) in [4.78, 5) is 11.5. The van der Waals surface area contributed by atoms with E-state index in [0.717, 1.165) is 0 Å². The van der Waals surface area contributed by atoms with Crippen molar-refractivity contribution >= 4 is 13.6 Å². The SMILES string of the molecule is CCOP(=O)(OCC)C(F)(F)C[C@@H]1COC[C@@H]1C(=O)OC. The van der Waals surface area contributed by atoms with Gasteiger partial charge in [0.2, 0.25) is 0 Å². The van der Waals surface area contributed by atoms with Crippen LogP contribution in [0.2, 0.25) is 0 Å². The van der Waals surface area contributed by atoms with E-state index in [1.54, 1.807) is 0 Å². The number of halogens is 2. The molecule has 0 aromatic heterocycles. The zero-order valence-electron chi connectivity index (χ0n) is 12.3. The van der Waals surface area contributed by atoms with E-state index < -0.39 is 37.5 Å². The van der Waals surface area contributed by atoms with E-state index in [-0.39, 0.29) is 26.4 Å². The first kappa shape index (κ1) is 18.5. The van der Waals surface area contributed by atoms with Gasteiger partial charge in [-0.3, -0.25) is 9.36 Å². The predicted octanol–water partition coefficient (Wildman–Crippen LogP) is 2.67. The molecule has 0 N–H and O–H groups in total. The Balaban J connectivity index is 2.86. The highest BCUT2D eigenvalue weighted by Gasteiger charge is 2.56. The van der Waals surface area contributed by atoms with Crippen LogP contribution < -0.4 is 0 Å². The van der Waals surface area contributed by atoms with Crippen LogP contribution in [0.1, 0.15) is 20.3 Å². The van der Waals surface area contributed by atoms with Crippen molar-refractivity contribution < 1.29 is 36.7 Å². The lowest BCUT2D eigenvalue weighted by atomic mass is 9.93. The van der Waals surface area contributed by atoms with Gasteiger partial charge in [-0.1, -0.05) is 0 Å². The molecule has 0 unspecified atom stereocenters. The molecular formula is C12H21F2O6P. The summed E-state index contributed by atoms with van der Waals surface area (Å²) in [5.74, 6) is -2.20. The first-order valence-corrected chi connectivity index (χ1v) is 8.28. The number of hydrogen-bond acceptors (Lipinski definition) is 6. The number of ether oxygens (including phenoxy) is 2. The molecule has 0 radical (unpaired) electrons. The van der Waals surface area contributed by atoms with E-state index in [0.29, 0.717) is 0 Å². The van der Waals surface area contributed by atoms with E-state index in [1.165, 1.54) is 21.0 Å². The Labute approximate surface area is 122 Å². The lowest BCUT2D eigenvalue weighted by Crippen LogP contribution is -2.30. The van der Waals surface area contributed by atoms with Crippen molar-refractivity contribution in [1.82, 2.24) is 0 Å². The third kappa shape index (κ3) is 4.22. The van der Waals surface area contributed by atoms with E-state index in [2.05, 4.69) is 4.74 Å². The van der Waals surface area contributed by atoms with Crippen molar-refractivity contribution in [3.8, 4) is 0 Å². The summed E-state index contributed by atoms with van der Waals surface area (Å²) in [6.45, 7) is 2.59. The number of carbonyl (C=O) groups is 1. The maximum Gasteiger partial charge on any atom is 0.399 e. The molecule has 0 aromatic carbocycles. The van der Waals surface area contributed by atoms with Crippen LogP contribution in [0.25, 0.3) is 0 Å². The molecule has 0 aromatic rings. The van der Waals surface area contributed by atoms with Crippen LogP contribution >= 0.6 is 7.60 Å². The molecule has 1 heterocycles. The summed E-state index contributed by atoms with van der Waals surface area (Å²) in [5.41, 5.74) is -3.69. The molecular weight excluding hydrogens is 309 g/mol. The van der Waals surface area contributed by atoms with Gasteiger partial charge in [-0.25, -0.2) is 0 Å². The average Bonchev–Trinajstić information content (AvgIpc) is 2.85. The lowest BCUT2D eigenvalue weighted by Gasteiger charge is -2.28. The van der Waals surface area contributed by atoms with Gasteiger partial charge in [-0.15, -0.1) is 0 Å². The van der Waals surface area contributed by atoms with Gasteiger partial charge >= 0.3 is 19.2 Å². The van der Waals surface area contributed by atoms with Gasteiger partial charge in [-0.2, -0.15) is 8.78 Å². The van der Waals surface area contributed by atoms with Gasteiger partial charge in [0.15, 0.2) is 0 Å². The van der Waals surface area contributed by atoms with Gasteiger partial charge in [0, 0.05) is 12.3 Å². The van der Waals surface area contributed by atoms with Crippen LogP contribution in [-0.2, 0) is 27.9 Å². The molecule has 1 rings (SSSR count). The van der Waals surface area contributed by atoms with Crippen LogP contribution in [0.3, 0.4) is 0 Å². The molecule has 0 amide bonds. The molecule has 0 saturated carbocycles. The van der Waals surface area contributed by atoms with Crippen molar-refractivity contribution in [3.05, 3.63) is 0 Å². The number of alkyl halides is 2. The number of esters is 1. The monoisotopic (exact) mass is 330 g/mol. The third-order valence-electron chi connectivity index (χ3n) is 3.21. The van der Waals surface area contributed by atoms with Crippen molar-refractivity contribution in [3.63, 3.8) is 0 Å². The summed E-state index contributed by atoms with van der Waals surface area (Å²) in [6.07, 6.45) is -0.815. The molecule has 124 valence electrons. The molecule has 2 atom stereocenters. The Morgan fingerprint density at radius 3 is 2.33 bits per heavy atom. The van der Waals surface area contributed by atoms with Crippen LogP contribution in [0.5, 0.6) is 0 Å². The quantitative estimate of drug-likeness (QED) is 0.503.